The van der Waals surface area contributed by atoms with E-state index in [9.17, 15) is 8.78 Å². The molecule has 2 saturated heterocycles. The van der Waals surface area contributed by atoms with Crippen LogP contribution in [0.4, 0.5) is 14.7 Å². The average molecular weight is 413 g/mol. The van der Waals surface area contributed by atoms with Gasteiger partial charge in [0.1, 0.15) is 22.8 Å². The van der Waals surface area contributed by atoms with E-state index in [1.165, 1.54) is 12.1 Å². The molecule has 9 heteroatoms. The molecule has 0 bridgehead atoms. The molecule has 30 heavy (non-hydrogen) atoms. The predicted octanol–water partition coefficient (Wildman–Crippen LogP) is 2.92. The van der Waals surface area contributed by atoms with Crippen LogP contribution in [0.5, 0.6) is 0 Å². The van der Waals surface area contributed by atoms with E-state index in [1.807, 2.05) is 11.8 Å². The third-order valence-corrected chi connectivity index (χ3v) is 5.57. The Kier molecular flexibility index (Phi) is 5.00. The maximum absolute atomic E-state index is 14.6. The molecule has 0 amide bonds. The molecule has 0 saturated carbocycles. The first-order chi connectivity index (χ1) is 14.6. The molecule has 2 aliphatic heterocycles. The normalized spacial score (nSPS) is 22.0. The Bertz CT molecular complexity index is 1090. The highest BCUT2D eigenvalue weighted by Gasteiger charge is 2.32. The summed E-state index contributed by atoms with van der Waals surface area (Å²) >= 11 is 0. The Morgan fingerprint density at radius 3 is 2.83 bits per heavy atom. The number of benzene rings is 1. The number of anilines is 1. The van der Waals surface area contributed by atoms with Crippen molar-refractivity contribution in [2.24, 2.45) is 5.92 Å². The number of hydrogen-bond donors (Lipinski definition) is 0. The largest absolute Gasteiger partial charge is 0.381 e. The lowest BCUT2D eigenvalue weighted by molar-refractivity contribution is -0.00167. The van der Waals surface area contributed by atoms with Crippen molar-refractivity contribution in [3.8, 4) is 11.3 Å². The Morgan fingerprint density at radius 1 is 1.13 bits per heavy atom. The molecule has 7 nitrogen and oxygen atoms in total. The molecule has 3 aromatic rings. The molecule has 2 aromatic heterocycles. The van der Waals surface area contributed by atoms with E-state index in [0.717, 1.165) is 19.1 Å². The van der Waals surface area contributed by atoms with Crippen molar-refractivity contribution in [1.29, 1.82) is 0 Å². The van der Waals surface area contributed by atoms with Crippen LogP contribution in [0.25, 0.3) is 22.4 Å². The fraction of sp³-hybridized carbons (Fsp3) is 0.429. The lowest BCUT2D eigenvalue weighted by Gasteiger charge is -2.35. The molecule has 1 aromatic carbocycles. The number of fused-ring (bicyclic) bond motifs is 1. The van der Waals surface area contributed by atoms with Crippen molar-refractivity contribution in [3.05, 3.63) is 41.7 Å². The second-order valence-corrected chi connectivity index (χ2v) is 7.66. The van der Waals surface area contributed by atoms with E-state index in [1.54, 1.807) is 6.20 Å². The van der Waals surface area contributed by atoms with Crippen molar-refractivity contribution in [1.82, 2.24) is 19.9 Å². The summed E-state index contributed by atoms with van der Waals surface area (Å²) in [4.78, 5) is 20.1. The summed E-state index contributed by atoms with van der Waals surface area (Å²) in [5.41, 5.74) is 1.92. The minimum atomic E-state index is -0.703. The second-order valence-electron chi connectivity index (χ2n) is 7.66. The van der Waals surface area contributed by atoms with E-state index in [2.05, 4.69) is 19.9 Å². The summed E-state index contributed by atoms with van der Waals surface area (Å²) in [6.07, 6.45) is 2.57. The average Bonchev–Trinajstić information content (AvgIpc) is 3.28. The van der Waals surface area contributed by atoms with Gasteiger partial charge >= 0.3 is 0 Å². The fourth-order valence-corrected chi connectivity index (χ4v) is 3.98. The van der Waals surface area contributed by atoms with Gasteiger partial charge in [0.2, 0.25) is 5.95 Å². The summed E-state index contributed by atoms with van der Waals surface area (Å²) in [6.45, 7) is 5.03. The zero-order chi connectivity index (χ0) is 20.7. The van der Waals surface area contributed by atoms with E-state index in [4.69, 9.17) is 9.47 Å². The Hall–Kier alpha value is -2.78. The summed E-state index contributed by atoms with van der Waals surface area (Å²) in [5.74, 6) is -0.574. The zero-order valence-electron chi connectivity index (χ0n) is 16.5. The molecule has 4 heterocycles. The van der Waals surface area contributed by atoms with Gasteiger partial charge in [-0.2, -0.15) is 4.98 Å². The third-order valence-electron chi connectivity index (χ3n) is 5.57. The van der Waals surface area contributed by atoms with E-state index in [-0.39, 0.29) is 11.7 Å². The quantitative estimate of drug-likeness (QED) is 0.654. The minimum Gasteiger partial charge on any atom is -0.381 e. The van der Waals surface area contributed by atoms with Crippen LogP contribution in [0, 0.1) is 24.5 Å². The van der Waals surface area contributed by atoms with Gasteiger partial charge in [-0.3, -0.25) is 0 Å². The summed E-state index contributed by atoms with van der Waals surface area (Å²) in [6, 6.07) is 3.42. The first-order valence-electron chi connectivity index (χ1n) is 9.99. The van der Waals surface area contributed by atoms with Gasteiger partial charge in [0, 0.05) is 43.4 Å². The van der Waals surface area contributed by atoms with Gasteiger partial charge in [-0.1, -0.05) is 0 Å². The predicted molar refractivity (Wildman–Crippen MR) is 106 cm³/mol. The number of nitrogens with zero attached hydrogens (tertiary/aromatic N) is 5. The minimum absolute atomic E-state index is 0.0233. The summed E-state index contributed by atoms with van der Waals surface area (Å²) in [5, 5.41) is 0. The van der Waals surface area contributed by atoms with Gasteiger partial charge < -0.3 is 14.4 Å². The van der Waals surface area contributed by atoms with Crippen LogP contribution in [-0.2, 0) is 9.47 Å². The molecule has 156 valence electrons. The molecule has 2 atom stereocenters. The number of ether oxygens (including phenoxy) is 2. The molecule has 2 aliphatic rings. The van der Waals surface area contributed by atoms with Crippen LogP contribution in [0.15, 0.2) is 24.4 Å². The maximum atomic E-state index is 14.6. The van der Waals surface area contributed by atoms with Crippen molar-refractivity contribution in [2.45, 2.75) is 19.4 Å². The monoisotopic (exact) mass is 413 g/mol. The van der Waals surface area contributed by atoms with Gasteiger partial charge in [0.15, 0.2) is 5.65 Å². The molecular weight excluding hydrogens is 392 g/mol. The van der Waals surface area contributed by atoms with Crippen molar-refractivity contribution in [2.75, 3.05) is 37.8 Å². The van der Waals surface area contributed by atoms with Gasteiger partial charge in [-0.05, 0) is 25.5 Å². The van der Waals surface area contributed by atoms with Gasteiger partial charge in [-0.15, -0.1) is 0 Å². The van der Waals surface area contributed by atoms with Gasteiger partial charge in [0.05, 0.1) is 25.0 Å². The number of morpholine rings is 1. The molecule has 0 N–H and O–H groups in total. The van der Waals surface area contributed by atoms with Crippen molar-refractivity contribution >= 4 is 17.1 Å². The highest BCUT2D eigenvalue weighted by Crippen LogP contribution is 2.30. The number of aromatic nitrogens is 4. The zero-order valence-corrected chi connectivity index (χ0v) is 16.5. The second kappa shape index (κ2) is 7.81. The Labute approximate surface area is 172 Å². The van der Waals surface area contributed by atoms with E-state index < -0.39 is 11.6 Å². The topological polar surface area (TPSA) is 73.3 Å². The molecule has 0 radical (unpaired) electrons. The highest BCUT2D eigenvalue weighted by molar-refractivity contribution is 5.88. The molecule has 0 aliphatic carbocycles. The van der Waals surface area contributed by atoms with Crippen LogP contribution in [0.3, 0.4) is 0 Å². The lowest BCUT2D eigenvalue weighted by atomic mass is 10.0. The number of hydrogen-bond acceptors (Lipinski definition) is 7. The van der Waals surface area contributed by atoms with Crippen molar-refractivity contribution in [3.63, 3.8) is 0 Å². The number of rotatable bonds is 3. The molecule has 5 rings (SSSR count). The van der Waals surface area contributed by atoms with Crippen LogP contribution in [-0.4, -0.2) is 59.0 Å². The Balaban J connectivity index is 1.58. The summed E-state index contributed by atoms with van der Waals surface area (Å²) < 4.78 is 39.5. The first kappa shape index (κ1) is 19.2. The van der Waals surface area contributed by atoms with Gasteiger partial charge in [-0.25, -0.2) is 23.7 Å². The molecular formula is C21H21F2N5O2. The highest BCUT2D eigenvalue weighted by atomic mass is 19.1. The number of aryl methyl sites for hydroxylation is 1. The Morgan fingerprint density at radius 2 is 2.03 bits per heavy atom. The van der Waals surface area contributed by atoms with Crippen molar-refractivity contribution < 1.29 is 18.3 Å². The molecule has 0 spiro atoms. The van der Waals surface area contributed by atoms with Gasteiger partial charge in [0.25, 0.3) is 0 Å². The van der Waals surface area contributed by atoms with Crippen LogP contribution < -0.4 is 4.90 Å². The first-order valence-corrected chi connectivity index (χ1v) is 9.99. The summed E-state index contributed by atoms with van der Waals surface area (Å²) in [7, 11) is 0. The SMILES string of the molecule is Cc1cnc2c(-c3ccc(F)cc3F)nc(N3CCO[C@H]([C@@H]4CCOC4)C3)nc2n1. The number of halogens is 2. The van der Waals surface area contributed by atoms with E-state index in [0.29, 0.717) is 60.7 Å². The maximum Gasteiger partial charge on any atom is 0.228 e. The van der Waals surface area contributed by atoms with Crippen LogP contribution >= 0.6 is 0 Å². The molecule has 2 fully saturated rings. The van der Waals surface area contributed by atoms with E-state index >= 15 is 0 Å². The lowest BCUT2D eigenvalue weighted by Crippen LogP contribution is -2.46. The molecule has 0 unspecified atom stereocenters. The third kappa shape index (κ3) is 3.59. The van der Waals surface area contributed by atoms with Crippen LogP contribution in [0.2, 0.25) is 0 Å². The standard InChI is InChI=1S/C21H21F2N5O2/c1-12-9-24-19-18(15-3-2-14(22)8-16(15)23)26-21(27-20(19)25-12)28-5-7-30-17(10-28)13-4-6-29-11-13/h2-3,8-9,13,17H,4-7,10-11H2,1H3/t13-,17+/m1/s1. The van der Waals surface area contributed by atoms with Crippen LogP contribution in [0.1, 0.15) is 12.1 Å². The fourth-order valence-electron chi connectivity index (χ4n) is 3.98. The smallest absolute Gasteiger partial charge is 0.228 e.